The van der Waals surface area contributed by atoms with Crippen LogP contribution in [0.2, 0.25) is 0 Å². The van der Waals surface area contributed by atoms with E-state index in [-0.39, 0.29) is 0 Å². The lowest BCUT2D eigenvalue weighted by Gasteiger charge is -2.34. The molecule has 1 saturated heterocycles. The molecule has 5 rings (SSSR count). The summed E-state index contributed by atoms with van der Waals surface area (Å²) in [5.74, 6) is -1.00. The molecule has 170 valence electrons. The van der Waals surface area contributed by atoms with Gasteiger partial charge in [-0.1, -0.05) is 18.2 Å². The van der Waals surface area contributed by atoms with Crippen molar-refractivity contribution in [2.45, 2.75) is 5.79 Å². The SMILES string of the molecule is COC(=O)c1cccc(NC2=NC(N)(c3ccc(N4CCOCC4)cc3)Nc3cc[nH]c32)c1. The Morgan fingerprint density at radius 3 is 2.73 bits per heavy atom. The number of fused-ring (bicyclic) bond motifs is 1. The second-order valence-corrected chi connectivity index (χ2v) is 7.96. The Balaban J connectivity index is 1.45. The molecule has 33 heavy (non-hydrogen) atoms. The maximum Gasteiger partial charge on any atom is 0.337 e. The number of ether oxygens (including phenoxy) is 2. The van der Waals surface area contributed by atoms with Gasteiger partial charge in [-0.15, -0.1) is 0 Å². The number of rotatable bonds is 4. The number of aromatic nitrogens is 1. The minimum Gasteiger partial charge on any atom is -0.465 e. The maximum atomic E-state index is 11.9. The minimum atomic E-state index is -1.17. The van der Waals surface area contributed by atoms with Crippen molar-refractivity contribution < 1.29 is 14.3 Å². The number of methoxy groups -OCH3 is 1. The Hall–Kier alpha value is -3.82. The number of amidine groups is 1. The highest BCUT2D eigenvalue weighted by atomic mass is 16.5. The molecule has 2 aromatic carbocycles. The molecule has 5 N–H and O–H groups in total. The zero-order valence-electron chi connectivity index (χ0n) is 18.3. The van der Waals surface area contributed by atoms with Gasteiger partial charge in [0.2, 0.25) is 5.79 Å². The quantitative estimate of drug-likeness (QED) is 0.455. The number of hydrogen-bond donors (Lipinski definition) is 4. The molecule has 9 nitrogen and oxygen atoms in total. The number of nitrogens with two attached hydrogens (primary N) is 1. The number of hydrogen-bond acceptors (Lipinski definition) is 8. The first-order valence-electron chi connectivity index (χ1n) is 10.8. The van der Waals surface area contributed by atoms with Crippen molar-refractivity contribution in [3.63, 3.8) is 0 Å². The molecule has 3 aromatic rings. The third-order valence-electron chi connectivity index (χ3n) is 5.83. The number of benzene rings is 2. The summed E-state index contributed by atoms with van der Waals surface area (Å²) in [7, 11) is 1.36. The van der Waals surface area contributed by atoms with Crippen molar-refractivity contribution in [2.24, 2.45) is 10.7 Å². The van der Waals surface area contributed by atoms with E-state index in [1.54, 1.807) is 18.2 Å². The Bertz CT molecular complexity index is 1180. The van der Waals surface area contributed by atoms with Crippen LogP contribution in [0.4, 0.5) is 17.1 Å². The summed E-state index contributed by atoms with van der Waals surface area (Å²) < 4.78 is 10.3. The standard InChI is InChI=1S/C24H26N6O3/c1-32-23(31)16-3-2-4-18(15-16)27-22-21-20(9-10-26-21)28-24(25,29-22)17-5-7-19(8-6-17)30-11-13-33-14-12-30/h2-10,15,26,28H,11-14,25H2,1H3,(H,27,29). The fourth-order valence-electron chi connectivity index (χ4n) is 4.09. The normalized spacial score (nSPS) is 19.8. The number of aliphatic imine (C=N–C) groups is 1. The number of aromatic amines is 1. The Morgan fingerprint density at radius 2 is 1.97 bits per heavy atom. The van der Waals surface area contributed by atoms with Crippen LogP contribution in [0, 0.1) is 0 Å². The van der Waals surface area contributed by atoms with E-state index >= 15 is 0 Å². The molecule has 9 heteroatoms. The number of esters is 1. The molecule has 1 aromatic heterocycles. The largest absolute Gasteiger partial charge is 0.465 e. The van der Waals surface area contributed by atoms with Crippen molar-refractivity contribution in [3.8, 4) is 0 Å². The van der Waals surface area contributed by atoms with Gasteiger partial charge >= 0.3 is 5.97 Å². The average molecular weight is 447 g/mol. The van der Waals surface area contributed by atoms with Crippen LogP contribution >= 0.6 is 0 Å². The molecule has 1 unspecified atom stereocenters. The first-order chi connectivity index (χ1) is 16.1. The molecule has 0 aliphatic carbocycles. The molecule has 0 bridgehead atoms. The third-order valence-corrected chi connectivity index (χ3v) is 5.83. The second-order valence-electron chi connectivity index (χ2n) is 7.96. The minimum absolute atomic E-state index is 0.403. The fraction of sp³-hybridized carbons (Fsp3) is 0.250. The van der Waals surface area contributed by atoms with Gasteiger partial charge in [0.1, 0.15) is 5.69 Å². The summed E-state index contributed by atoms with van der Waals surface area (Å²) in [6.45, 7) is 3.21. The highest BCUT2D eigenvalue weighted by Crippen LogP contribution is 2.32. The number of carbonyl (C=O) groups is 1. The van der Waals surface area contributed by atoms with E-state index in [0.717, 1.165) is 48.9 Å². The second kappa shape index (κ2) is 8.61. The average Bonchev–Trinajstić information content (AvgIpc) is 3.33. The summed E-state index contributed by atoms with van der Waals surface area (Å²) in [6, 6.07) is 17.1. The molecule has 0 amide bonds. The van der Waals surface area contributed by atoms with Crippen molar-refractivity contribution in [1.29, 1.82) is 0 Å². The summed E-state index contributed by atoms with van der Waals surface area (Å²) in [5, 5.41) is 6.63. The number of H-pyrrole nitrogens is 1. The highest BCUT2D eigenvalue weighted by Gasteiger charge is 2.34. The van der Waals surface area contributed by atoms with Gasteiger partial charge in [-0.3, -0.25) is 5.73 Å². The Labute approximate surface area is 191 Å². The van der Waals surface area contributed by atoms with E-state index in [1.807, 2.05) is 30.5 Å². The monoisotopic (exact) mass is 446 g/mol. The summed E-state index contributed by atoms with van der Waals surface area (Å²) >= 11 is 0. The van der Waals surface area contributed by atoms with Crippen LogP contribution < -0.4 is 21.3 Å². The van der Waals surface area contributed by atoms with E-state index in [0.29, 0.717) is 17.1 Å². The lowest BCUT2D eigenvalue weighted by Crippen LogP contribution is -2.47. The van der Waals surface area contributed by atoms with E-state index in [9.17, 15) is 4.79 Å². The Morgan fingerprint density at radius 1 is 1.18 bits per heavy atom. The van der Waals surface area contributed by atoms with Gasteiger partial charge in [0.15, 0.2) is 5.84 Å². The topological polar surface area (TPSA) is 117 Å². The van der Waals surface area contributed by atoms with Crippen LogP contribution in [-0.4, -0.2) is 50.2 Å². The molecule has 0 radical (unpaired) electrons. The van der Waals surface area contributed by atoms with Crippen molar-refractivity contribution >= 4 is 28.9 Å². The lowest BCUT2D eigenvalue weighted by atomic mass is 10.0. The first-order valence-corrected chi connectivity index (χ1v) is 10.8. The molecule has 2 aliphatic heterocycles. The van der Waals surface area contributed by atoms with Crippen LogP contribution in [0.3, 0.4) is 0 Å². The van der Waals surface area contributed by atoms with Gasteiger partial charge in [-0.2, -0.15) is 0 Å². The third kappa shape index (κ3) is 4.15. The molecule has 1 atom stereocenters. The lowest BCUT2D eigenvalue weighted by molar-refractivity contribution is 0.0601. The predicted molar refractivity (Wildman–Crippen MR) is 128 cm³/mol. The van der Waals surface area contributed by atoms with E-state index in [2.05, 4.69) is 32.7 Å². The smallest absolute Gasteiger partial charge is 0.337 e. The van der Waals surface area contributed by atoms with Crippen LogP contribution in [0.1, 0.15) is 21.6 Å². The van der Waals surface area contributed by atoms with Crippen LogP contribution in [-0.2, 0) is 15.3 Å². The van der Waals surface area contributed by atoms with Gasteiger partial charge in [-0.05, 0) is 36.4 Å². The molecule has 0 spiro atoms. The molecular formula is C24H26N6O3. The van der Waals surface area contributed by atoms with Crippen molar-refractivity contribution in [2.75, 3.05) is 48.9 Å². The predicted octanol–water partition coefficient (Wildman–Crippen LogP) is 2.69. The number of anilines is 3. The fourth-order valence-corrected chi connectivity index (χ4v) is 4.09. The number of carbonyl (C=O) groups excluding carboxylic acids is 1. The maximum absolute atomic E-state index is 11.9. The van der Waals surface area contributed by atoms with Crippen LogP contribution in [0.5, 0.6) is 0 Å². The summed E-state index contributed by atoms with van der Waals surface area (Å²) in [6.07, 6.45) is 1.83. The van der Waals surface area contributed by atoms with Crippen molar-refractivity contribution in [3.05, 3.63) is 77.6 Å². The van der Waals surface area contributed by atoms with Crippen LogP contribution in [0.15, 0.2) is 65.8 Å². The van der Waals surface area contributed by atoms with E-state index < -0.39 is 11.8 Å². The van der Waals surface area contributed by atoms with Crippen LogP contribution in [0.25, 0.3) is 0 Å². The number of nitrogens with zero attached hydrogens (tertiary/aromatic N) is 2. The number of nitrogens with one attached hydrogen (secondary N) is 3. The van der Waals surface area contributed by atoms with Crippen molar-refractivity contribution in [1.82, 2.24) is 4.98 Å². The zero-order chi connectivity index (χ0) is 22.8. The molecule has 1 fully saturated rings. The number of morpholine rings is 1. The van der Waals surface area contributed by atoms with E-state index in [4.69, 9.17) is 20.2 Å². The van der Waals surface area contributed by atoms with Gasteiger partial charge in [0.25, 0.3) is 0 Å². The molecule has 3 heterocycles. The molecular weight excluding hydrogens is 420 g/mol. The first kappa shape index (κ1) is 21.0. The molecule has 2 aliphatic rings. The van der Waals surface area contributed by atoms with Gasteiger partial charge in [0.05, 0.1) is 31.6 Å². The van der Waals surface area contributed by atoms with E-state index in [1.165, 1.54) is 7.11 Å². The summed E-state index contributed by atoms with van der Waals surface area (Å²) in [5.41, 5.74) is 11.5. The summed E-state index contributed by atoms with van der Waals surface area (Å²) in [4.78, 5) is 22.2. The molecule has 0 saturated carbocycles. The van der Waals surface area contributed by atoms with Gasteiger partial charge < -0.3 is 30.0 Å². The van der Waals surface area contributed by atoms with Gasteiger partial charge in [0, 0.05) is 36.2 Å². The Kier molecular flexibility index (Phi) is 5.49. The highest BCUT2D eigenvalue weighted by molar-refractivity contribution is 6.12. The zero-order valence-corrected chi connectivity index (χ0v) is 18.3. The van der Waals surface area contributed by atoms with Gasteiger partial charge in [-0.25, -0.2) is 9.79 Å².